The second-order valence-electron chi connectivity index (χ2n) is 8.06. The number of aromatic hydroxyl groups is 1. The van der Waals surface area contributed by atoms with Gasteiger partial charge in [0.1, 0.15) is 5.75 Å². The number of hydrogen-bond acceptors (Lipinski definition) is 3. The molecule has 0 bridgehead atoms. The molecule has 3 nitrogen and oxygen atoms in total. The maximum atomic E-state index is 10.6. The van der Waals surface area contributed by atoms with E-state index in [1.807, 2.05) is 34.6 Å². The Bertz CT molecular complexity index is 1000. The summed E-state index contributed by atoms with van der Waals surface area (Å²) in [5.41, 5.74) is 23.7. The Morgan fingerprint density at radius 2 is 0.929 bits per heavy atom. The Morgan fingerprint density at radius 1 is 0.571 bits per heavy atom. The van der Waals surface area contributed by atoms with Gasteiger partial charge in [-0.15, -0.1) is 0 Å². The van der Waals surface area contributed by atoms with Crippen LogP contribution in [0, 0.1) is 34.6 Å². The second-order valence-corrected chi connectivity index (χ2v) is 8.06. The quantitative estimate of drug-likeness (QED) is 0.544. The van der Waals surface area contributed by atoms with E-state index in [0.717, 1.165) is 56.7 Å². The Hall–Kier alpha value is -2.94. The fraction of sp³-hybridized carbons (Fsp3) is 0.280. The predicted octanol–water partition coefficient (Wildman–Crippen LogP) is 5.28. The summed E-state index contributed by atoms with van der Waals surface area (Å²) in [6.07, 6.45) is 1.50. The van der Waals surface area contributed by atoms with Crippen LogP contribution in [0.1, 0.15) is 50.1 Å². The van der Waals surface area contributed by atoms with Gasteiger partial charge in [-0.05, 0) is 91.1 Å². The normalized spacial score (nSPS) is 11.0. The first-order valence-corrected chi connectivity index (χ1v) is 9.68. The van der Waals surface area contributed by atoms with Crippen molar-refractivity contribution in [1.29, 1.82) is 0 Å². The second kappa shape index (κ2) is 7.59. The van der Waals surface area contributed by atoms with Gasteiger partial charge in [-0.3, -0.25) is 0 Å². The zero-order valence-corrected chi connectivity index (χ0v) is 17.5. The zero-order valence-electron chi connectivity index (χ0n) is 17.5. The highest BCUT2D eigenvalue weighted by Gasteiger charge is 2.11. The highest BCUT2D eigenvalue weighted by Crippen LogP contribution is 2.30. The zero-order chi connectivity index (χ0) is 20.6. The molecule has 0 aliphatic rings. The van der Waals surface area contributed by atoms with Crippen LogP contribution in [-0.2, 0) is 12.8 Å². The third kappa shape index (κ3) is 3.99. The molecule has 0 spiro atoms. The largest absolute Gasteiger partial charge is 0.507 e. The number of rotatable bonds is 4. The van der Waals surface area contributed by atoms with E-state index in [4.69, 9.17) is 11.5 Å². The van der Waals surface area contributed by atoms with Crippen LogP contribution in [0.2, 0.25) is 0 Å². The van der Waals surface area contributed by atoms with Crippen LogP contribution in [0.15, 0.2) is 36.4 Å². The van der Waals surface area contributed by atoms with Crippen LogP contribution in [-0.4, -0.2) is 5.11 Å². The Kier molecular flexibility index (Phi) is 5.37. The standard InChI is InChI=1S/C25H30N2O/c1-14-6-19(7-15(2)23(14)26)11-21-10-18(5)25(28)22(13-21)12-20-8-16(3)24(27)17(4)9-20/h6-10,13,28H,11-12,26-27H2,1-5H3. The molecule has 0 atom stereocenters. The fourth-order valence-corrected chi connectivity index (χ4v) is 3.96. The maximum absolute atomic E-state index is 10.6. The summed E-state index contributed by atoms with van der Waals surface area (Å²) < 4.78 is 0. The first-order chi connectivity index (χ1) is 13.2. The lowest BCUT2D eigenvalue weighted by atomic mass is 9.93. The van der Waals surface area contributed by atoms with Gasteiger partial charge in [0.25, 0.3) is 0 Å². The van der Waals surface area contributed by atoms with E-state index in [9.17, 15) is 5.11 Å². The molecule has 0 aliphatic carbocycles. The van der Waals surface area contributed by atoms with Crippen molar-refractivity contribution < 1.29 is 5.11 Å². The molecule has 3 heteroatoms. The Labute approximate surface area is 168 Å². The average Bonchev–Trinajstić information content (AvgIpc) is 2.61. The summed E-state index contributed by atoms with van der Waals surface area (Å²) in [5, 5.41) is 10.6. The van der Waals surface area contributed by atoms with Crippen molar-refractivity contribution in [3.63, 3.8) is 0 Å². The molecule has 0 aromatic heterocycles. The number of nitrogens with two attached hydrogens (primary N) is 2. The van der Waals surface area contributed by atoms with Crippen LogP contribution in [0.3, 0.4) is 0 Å². The molecular weight excluding hydrogens is 344 g/mol. The van der Waals surface area contributed by atoms with Gasteiger partial charge in [-0.1, -0.05) is 36.4 Å². The van der Waals surface area contributed by atoms with Crippen molar-refractivity contribution in [3.8, 4) is 5.75 Å². The topological polar surface area (TPSA) is 72.3 Å². The fourth-order valence-electron chi connectivity index (χ4n) is 3.96. The van der Waals surface area contributed by atoms with E-state index in [-0.39, 0.29) is 0 Å². The number of benzene rings is 3. The molecule has 0 fully saturated rings. The van der Waals surface area contributed by atoms with Gasteiger partial charge in [0.05, 0.1) is 0 Å². The minimum absolute atomic E-state index is 0.376. The highest BCUT2D eigenvalue weighted by molar-refractivity contribution is 5.57. The third-order valence-electron chi connectivity index (χ3n) is 5.55. The molecule has 5 N–H and O–H groups in total. The molecule has 3 rings (SSSR count). The minimum atomic E-state index is 0.376. The Balaban J connectivity index is 1.95. The van der Waals surface area contributed by atoms with Crippen molar-refractivity contribution in [2.75, 3.05) is 11.5 Å². The summed E-state index contributed by atoms with van der Waals surface area (Å²) in [5.74, 6) is 0.376. The first kappa shape index (κ1) is 19.8. The summed E-state index contributed by atoms with van der Waals surface area (Å²) in [7, 11) is 0. The minimum Gasteiger partial charge on any atom is -0.507 e. The van der Waals surface area contributed by atoms with E-state index in [1.165, 1.54) is 11.1 Å². The molecular formula is C25H30N2O. The number of phenolic OH excluding ortho intramolecular Hbond substituents is 1. The molecule has 0 radical (unpaired) electrons. The molecule has 0 amide bonds. The molecule has 0 aliphatic heterocycles. The summed E-state index contributed by atoms with van der Waals surface area (Å²) >= 11 is 0. The molecule has 28 heavy (non-hydrogen) atoms. The van der Waals surface area contributed by atoms with E-state index < -0.39 is 0 Å². The summed E-state index contributed by atoms with van der Waals surface area (Å²) in [6.45, 7) is 10.1. The number of hydrogen-bond donors (Lipinski definition) is 3. The third-order valence-corrected chi connectivity index (χ3v) is 5.55. The molecule has 3 aromatic rings. The monoisotopic (exact) mass is 374 g/mol. The van der Waals surface area contributed by atoms with Gasteiger partial charge in [0.2, 0.25) is 0 Å². The van der Waals surface area contributed by atoms with Crippen LogP contribution in [0.25, 0.3) is 0 Å². The molecule has 0 heterocycles. The van der Waals surface area contributed by atoms with Crippen LogP contribution < -0.4 is 11.5 Å². The molecule has 0 saturated heterocycles. The van der Waals surface area contributed by atoms with Gasteiger partial charge < -0.3 is 16.6 Å². The molecule has 3 aromatic carbocycles. The van der Waals surface area contributed by atoms with Gasteiger partial charge >= 0.3 is 0 Å². The molecule has 0 saturated carbocycles. The lowest BCUT2D eigenvalue weighted by Crippen LogP contribution is -2.00. The lowest BCUT2D eigenvalue weighted by Gasteiger charge is -2.14. The number of phenols is 1. The Morgan fingerprint density at radius 3 is 1.39 bits per heavy atom. The van der Waals surface area contributed by atoms with Crippen molar-refractivity contribution in [3.05, 3.63) is 86.5 Å². The highest BCUT2D eigenvalue weighted by atomic mass is 16.3. The summed E-state index contributed by atoms with van der Waals surface area (Å²) in [6, 6.07) is 12.7. The van der Waals surface area contributed by atoms with Gasteiger partial charge in [-0.25, -0.2) is 0 Å². The number of anilines is 2. The van der Waals surface area contributed by atoms with Crippen LogP contribution in [0.5, 0.6) is 5.75 Å². The lowest BCUT2D eigenvalue weighted by molar-refractivity contribution is 0.465. The number of nitrogen functional groups attached to an aromatic ring is 2. The van der Waals surface area contributed by atoms with E-state index in [2.05, 4.69) is 36.4 Å². The van der Waals surface area contributed by atoms with Crippen molar-refractivity contribution >= 4 is 11.4 Å². The SMILES string of the molecule is Cc1cc(Cc2cc(C)c(O)c(Cc3cc(C)c(N)c(C)c3)c2)cc(C)c1N. The van der Waals surface area contributed by atoms with E-state index >= 15 is 0 Å². The smallest absolute Gasteiger partial charge is 0.122 e. The van der Waals surface area contributed by atoms with Gasteiger partial charge in [0, 0.05) is 17.8 Å². The first-order valence-electron chi connectivity index (χ1n) is 9.68. The van der Waals surface area contributed by atoms with Crippen molar-refractivity contribution in [2.45, 2.75) is 47.5 Å². The van der Waals surface area contributed by atoms with E-state index in [1.54, 1.807) is 0 Å². The van der Waals surface area contributed by atoms with Gasteiger partial charge in [-0.2, -0.15) is 0 Å². The maximum Gasteiger partial charge on any atom is 0.122 e. The van der Waals surface area contributed by atoms with Gasteiger partial charge in [0.15, 0.2) is 0 Å². The van der Waals surface area contributed by atoms with Crippen LogP contribution >= 0.6 is 0 Å². The van der Waals surface area contributed by atoms with Crippen LogP contribution in [0.4, 0.5) is 11.4 Å². The predicted molar refractivity (Wildman–Crippen MR) is 119 cm³/mol. The number of aryl methyl sites for hydroxylation is 5. The van der Waals surface area contributed by atoms with Crippen molar-refractivity contribution in [2.24, 2.45) is 0 Å². The molecule has 0 unspecified atom stereocenters. The molecule has 146 valence electrons. The average molecular weight is 375 g/mol. The van der Waals surface area contributed by atoms with Crippen molar-refractivity contribution in [1.82, 2.24) is 0 Å². The van der Waals surface area contributed by atoms with E-state index in [0.29, 0.717) is 12.2 Å². The summed E-state index contributed by atoms with van der Waals surface area (Å²) in [4.78, 5) is 0.